The highest BCUT2D eigenvalue weighted by Crippen LogP contribution is 2.33. The van der Waals surface area contributed by atoms with Gasteiger partial charge in [-0.2, -0.15) is 4.98 Å². The zero-order valence-corrected chi connectivity index (χ0v) is 18.3. The van der Waals surface area contributed by atoms with Crippen LogP contribution < -0.4 is 16.0 Å². The summed E-state index contributed by atoms with van der Waals surface area (Å²) in [6.07, 6.45) is 3.41. The number of anilines is 5. The minimum atomic E-state index is 0.0346. The van der Waals surface area contributed by atoms with Crippen molar-refractivity contribution in [3.63, 3.8) is 0 Å². The van der Waals surface area contributed by atoms with Crippen molar-refractivity contribution in [2.24, 2.45) is 5.92 Å². The standard InChI is InChI=1S/C22H18ClN7OS/c23-16-11-24-22(26-15-9-7-14(8-10-15)21-30-25-12-32-21)29-19(16)27-17-3-1-2-4-18(17)28-20(31)13-5-6-13/h1-4,7-13H,5-6H2,(H,28,31)(H2,24,26,27,29). The molecule has 3 N–H and O–H groups in total. The Kier molecular flexibility index (Phi) is 5.66. The lowest BCUT2D eigenvalue weighted by molar-refractivity contribution is -0.117. The molecule has 8 nitrogen and oxygen atoms in total. The summed E-state index contributed by atoms with van der Waals surface area (Å²) in [7, 11) is 0. The molecule has 0 bridgehead atoms. The molecule has 2 aromatic carbocycles. The van der Waals surface area contributed by atoms with Gasteiger partial charge in [0.25, 0.3) is 0 Å². The van der Waals surface area contributed by atoms with Crippen LogP contribution in [0.2, 0.25) is 5.02 Å². The zero-order valence-electron chi connectivity index (χ0n) is 16.7. The minimum absolute atomic E-state index is 0.0346. The number of amides is 1. The molecule has 1 aliphatic rings. The highest BCUT2D eigenvalue weighted by atomic mass is 35.5. The molecule has 0 radical (unpaired) electrons. The van der Waals surface area contributed by atoms with E-state index in [4.69, 9.17) is 11.6 Å². The third kappa shape index (κ3) is 4.68. The van der Waals surface area contributed by atoms with Crippen molar-refractivity contribution in [1.82, 2.24) is 20.2 Å². The van der Waals surface area contributed by atoms with Gasteiger partial charge in [-0.3, -0.25) is 4.79 Å². The lowest BCUT2D eigenvalue weighted by Gasteiger charge is -2.14. The molecule has 1 aliphatic carbocycles. The van der Waals surface area contributed by atoms with Gasteiger partial charge in [-0.1, -0.05) is 35.1 Å². The first-order chi connectivity index (χ1) is 15.7. The second-order valence-electron chi connectivity index (χ2n) is 7.27. The van der Waals surface area contributed by atoms with Crippen LogP contribution in [-0.2, 0) is 4.79 Å². The van der Waals surface area contributed by atoms with E-state index >= 15 is 0 Å². The van der Waals surface area contributed by atoms with E-state index in [1.807, 2.05) is 48.5 Å². The Hall–Kier alpha value is -3.56. The van der Waals surface area contributed by atoms with Crippen LogP contribution in [0.15, 0.2) is 60.2 Å². The van der Waals surface area contributed by atoms with Gasteiger partial charge in [0, 0.05) is 17.2 Å². The van der Waals surface area contributed by atoms with Gasteiger partial charge >= 0.3 is 0 Å². The number of nitrogens with zero attached hydrogens (tertiary/aromatic N) is 4. The number of rotatable bonds is 7. The smallest absolute Gasteiger partial charge is 0.229 e. The van der Waals surface area contributed by atoms with Crippen molar-refractivity contribution in [3.8, 4) is 10.6 Å². The maximum Gasteiger partial charge on any atom is 0.229 e. The molecule has 160 valence electrons. The first-order valence-corrected chi connectivity index (χ1v) is 11.2. The van der Waals surface area contributed by atoms with Crippen LogP contribution in [0.3, 0.4) is 0 Å². The topological polar surface area (TPSA) is 105 Å². The van der Waals surface area contributed by atoms with E-state index < -0.39 is 0 Å². The molecule has 2 aromatic heterocycles. The van der Waals surface area contributed by atoms with E-state index in [1.165, 1.54) is 17.5 Å². The number of para-hydroxylation sites is 2. The fourth-order valence-corrected chi connectivity index (χ4v) is 3.75. The Labute approximate surface area is 193 Å². The number of carbonyl (C=O) groups excluding carboxylic acids is 1. The fourth-order valence-electron chi connectivity index (χ4n) is 3.05. The third-order valence-corrected chi connectivity index (χ3v) is 5.90. The van der Waals surface area contributed by atoms with E-state index in [1.54, 1.807) is 5.51 Å². The summed E-state index contributed by atoms with van der Waals surface area (Å²) < 4.78 is 0. The summed E-state index contributed by atoms with van der Waals surface area (Å²) >= 11 is 7.81. The lowest BCUT2D eigenvalue weighted by atomic mass is 10.2. The monoisotopic (exact) mass is 463 g/mol. The SMILES string of the molecule is O=C(Nc1ccccc1Nc1nc(Nc2ccc(-c3nncs3)cc2)ncc1Cl)C1CC1. The molecule has 0 atom stereocenters. The Bertz CT molecular complexity index is 1240. The van der Waals surface area contributed by atoms with Crippen LogP contribution in [0.5, 0.6) is 0 Å². The van der Waals surface area contributed by atoms with Crippen LogP contribution in [0, 0.1) is 5.92 Å². The van der Waals surface area contributed by atoms with Crippen molar-refractivity contribution in [1.29, 1.82) is 0 Å². The molecule has 4 aromatic rings. The average molecular weight is 464 g/mol. The number of hydrogen-bond donors (Lipinski definition) is 3. The largest absolute Gasteiger partial charge is 0.337 e. The highest BCUT2D eigenvalue weighted by Gasteiger charge is 2.30. The van der Waals surface area contributed by atoms with E-state index in [0.717, 1.165) is 29.1 Å². The average Bonchev–Trinajstić information content (AvgIpc) is 3.52. The lowest BCUT2D eigenvalue weighted by Crippen LogP contribution is -2.14. The van der Waals surface area contributed by atoms with Crippen LogP contribution in [-0.4, -0.2) is 26.1 Å². The van der Waals surface area contributed by atoms with E-state index in [0.29, 0.717) is 28.2 Å². The van der Waals surface area contributed by atoms with Gasteiger partial charge in [0.05, 0.1) is 17.6 Å². The van der Waals surface area contributed by atoms with Gasteiger partial charge in [0.1, 0.15) is 15.5 Å². The van der Waals surface area contributed by atoms with Crippen molar-refractivity contribution >= 4 is 57.7 Å². The minimum Gasteiger partial charge on any atom is -0.337 e. The Balaban J connectivity index is 1.33. The molecule has 32 heavy (non-hydrogen) atoms. The summed E-state index contributed by atoms with van der Waals surface area (Å²) in [6, 6.07) is 15.2. The summed E-state index contributed by atoms with van der Waals surface area (Å²) in [4.78, 5) is 21.0. The number of carbonyl (C=O) groups is 1. The summed E-state index contributed by atoms with van der Waals surface area (Å²) in [5.74, 6) is 0.968. The van der Waals surface area contributed by atoms with Crippen molar-refractivity contribution in [2.75, 3.05) is 16.0 Å². The van der Waals surface area contributed by atoms with E-state index in [-0.39, 0.29) is 11.8 Å². The van der Waals surface area contributed by atoms with Crippen molar-refractivity contribution in [2.45, 2.75) is 12.8 Å². The number of benzene rings is 2. The molecule has 0 unspecified atom stereocenters. The van der Waals surface area contributed by atoms with Crippen LogP contribution in [0.4, 0.5) is 28.8 Å². The van der Waals surface area contributed by atoms with Gasteiger partial charge in [0.15, 0.2) is 5.82 Å². The van der Waals surface area contributed by atoms with E-state index in [2.05, 4.69) is 36.1 Å². The Morgan fingerprint density at radius 2 is 1.81 bits per heavy atom. The van der Waals surface area contributed by atoms with Gasteiger partial charge in [-0.15, -0.1) is 10.2 Å². The molecule has 0 saturated heterocycles. The molecular formula is C22H18ClN7OS. The predicted octanol–water partition coefficient (Wildman–Crippen LogP) is 5.48. The maximum atomic E-state index is 12.2. The van der Waals surface area contributed by atoms with Crippen LogP contribution >= 0.6 is 22.9 Å². The summed E-state index contributed by atoms with van der Waals surface area (Å²) in [5, 5.41) is 18.5. The second kappa shape index (κ2) is 8.89. The number of aromatic nitrogens is 4. The molecule has 1 amide bonds. The zero-order chi connectivity index (χ0) is 21.9. The third-order valence-electron chi connectivity index (χ3n) is 4.88. The maximum absolute atomic E-state index is 12.2. The number of nitrogens with one attached hydrogen (secondary N) is 3. The molecule has 1 fully saturated rings. The fraction of sp³-hybridized carbons (Fsp3) is 0.136. The first kappa shape index (κ1) is 20.3. The highest BCUT2D eigenvalue weighted by molar-refractivity contribution is 7.12. The molecule has 2 heterocycles. The van der Waals surface area contributed by atoms with Crippen LogP contribution in [0.25, 0.3) is 10.6 Å². The summed E-state index contributed by atoms with van der Waals surface area (Å²) in [5.41, 5.74) is 4.90. The number of halogens is 1. The molecular weight excluding hydrogens is 446 g/mol. The first-order valence-electron chi connectivity index (χ1n) is 9.99. The summed E-state index contributed by atoms with van der Waals surface area (Å²) in [6.45, 7) is 0. The van der Waals surface area contributed by atoms with Gasteiger partial charge < -0.3 is 16.0 Å². The quantitative estimate of drug-likeness (QED) is 0.333. The molecule has 10 heteroatoms. The van der Waals surface area contributed by atoms with Crippen LogP contribution in [0.1, 0.15) is 12.8 Å². The van der Waals surface area contributed by atoms with Crippen molar-refractivity contribution < 1.29 is 4.79 Å². The molecule has 1 saturated carbocycles. The normalized spacial score (nSPS) is 12.9. The van der Waals surface area contributed by atoms with Gasteiger partial charge in [-0.25, -0.2) is 4.98 Å². The van der Waals surface area contributed by atoms with Gasteiger partial charge in [-0.05, 0) is 49.2 Å². The Morgan fingerprint density at radius 3 is 2.53 bits per heavy atom. The van der Waals surface area contributed by atoms with Gasteiger partial charge in [0.2, 0.25) is 11.9 Å². The second-order valence-corrected chi connectivity index (χ2v) is 8.51. The number of hydrogen-bond acceptors (Lipinski definition) is 8. The van der Waals surface area contributed by atoms with E-state index in [9.17, 15) is 4.79 Å². The predicted molar refractivity (Wildman–Crippen MR) is 127 cm³/mol. The molecule has 0 aliphatic heterocycles. The molecule has 5 rings (SSSR count). The molecule has 0 spiro atoms. The van der Waals surface area contributed by atoms with Crippen molar-refractivity contribution in [3.05, 3.63) is 65.3 Å². The Morgan fingerprint density at radius 1 is 1.03 bits per heavy atom.